The molecule has 2 saturated carbocycles. The van der Waals surface area contributed by atoms with Gasteiger partial charge in [-0.1, -0.05) is 19.8 Å². The monoisotopic (exact) mass is 308 g/mol. The SMILES string of the molecule is CCO[C@@H]1C[C@H](NC2CCN(C(=O)CC)CC2)C12CCCC2. The zero-order chi connectivity index (χ0) is 15.6. The highest BCUT2D eigenvalue weighted by molar-refractivity contribution is 5.75. The maximum Gasteiger partial charge on any atom is 0.222 e. The summed E-state index contributed by atoms with van der Waals surface area (Å²) in [6, 6.07) is 1.23. The Labute approximate surface area is 135 Å². The molecule has 0 unspecified atom stereocenters. The quantitative estimate of drug-likeness (QED) is 0.849. The van der Waals surface area contributed by atoms with Crippen molar-refractivity contribution < 1.29 is 9.53 Å². The van der Waals surface area contributed by atoms with Gasteiger partial charge in [0.25, 0.3) is 0 Å². The first-order valence-corrected chi connectivity index (χ1v) is 9.35. The molecule has 2 aliphatic carbocycles. The molecule has 1 aliphatic heterocycles. The first-order valence-electron chi connectivity index (χ1n) is 9.35. The smallest absolute Gasteiger partial charge is 0.222 e. The van der Waals surface area contributed by atoms with E-state index < -0.39 is 0 Å². The Morgan fingerprint density at radius 1 is 1.23 bits per heavy atom. The van der Waals surface area contributed by atoms with Gasteiger partial charge in [-0.2, -0.15) is 0 Å². The van der Waals surface area contributed by atoms with E-state index in [1.807, 2.05) is 11.8 Å². The van der Waals surface area contributed by atoms with Crippen molar-refractivity contribution in [3.63, 3.8) is 0 Å². The minimum atomic E-state index is 0.311. The van der Waals surface area contributed by atoms with Crippen LogP contribution in [0.4, 0.5) is 0 Å². The molecule has 1 saturated heterocycles. The second kappa shape index (κ2) is 6.88. The van der Waals surface area contributed by atoms with Gasteiger partial charge in [-0.3, -0.25) is 4.79 Å². The number of nitrogens with one attached hydrogen (secondary N) is 1. The highest BCUT2D eigenvalue weighted by Crippen LogP contribution is 2.55. The Balaban J connectivity index is 1.51. The maximum absolute atomic E-state index is 11.8. The van der Waals surface area contributed by atoms with E-state index in [9.17, 15) is 4.79 Å². The van der Waals surface area contributed by atoms with Crippen molar-refractivity contribution in [3.05, 3.63) is 0 Å². The van der Waals surface area contributed by atoms with Crippen molar-refractivity contribution in [2.45, 2.75) is 83.4 Å². The van der Waals surface area contributed by atoms with E-state index >= 15 is 0 Å². The number of hydrogen-bond donors (Lipinski definition) is 1. The summed E-state index contributed by atoms with van der Waals surface area (Å²) in [6.45, 7) is 6.77. The predicted molar refractivity (Wildman–Crippen MR) is 87.7 cm³/mol. The Bertz CT molecular complexity index is 385. The second-order valence-electron chi connectivity index (χ2n) is 7.35. The van der Waals surface area contributed by atoms with Crippen LogP contribution in [0.25, 0.3) is 0 Å². The molecule has 0 aromatic heterocycles. The molecule has 1 spiro atoms. The molecule has 3 rings (SSSR count). The highest BCUT2D eigenvalue weighted by Gasteiger charge is 2.56. The minimum Gasteiger partial charge on any atom is -0.378 e. The van der Waals surface area contributed by atoms with Crippen molar-refractivity contribution in [1.82, 2.24) is 10.2 Å². The number of piperidine rings is 1. The van der Waals surface area contributed by atoms with Crippen LogP contribution in [0.3, 0.4) is 0 Å². The summed E-state index contributed by atoms with van der Waals surface area (Å²) in [7, 11) is 0. The van der Waals surface area contributed by atoms with Crippen LogP contribution in [0.15, 0.2) is 0 Å². The van der Waals surface area contributed by atoms with Gasteiger partial charge in [0.1, 0.15) is 0 Å². The normalized spacial score (nSPS) is 31.5. The van der Waals surface area contributed by atoms with Gasteiger partial charge in [0, 0.05) is 43.6 Å². The van der Waals surface area contributed by atoms with Crippen LogP contribution in [-0.2, 0) is 9.53 Å². The van der Waals surface area contributed by atoms with Crippen LogP contribution in [0.5, 0.6) is 0 Å². The van der Waals surface area contributed by atoms with Crippen molar-refractivity contribution in [2.75, 3.05) is 19.7 Å². The third-order valence-electron chi connectivity index (χ3n) is 6.27. The fourth-order valence-electron chi connectivity index (χ4n) is 4.92. The predicted octanol–water partition coefficient (Wildman–Crippen LogP) is 2.71. The third-order valence-corrected chi connectivity index (χ3v) is 6.27. The number of rotatable bonds is 5. The highest BCUT2D eigenvalue weighted by atomic mass is 16.5. The van der Waals surface area contributed by atoms with Gasteiger partial charge >= 0.3 is 0 Å². The Morgan fingerprint density at radius 2 is 1.91 bits per heavy atom. The van der Waals surface area contributed by atoms with Crippen LogP contribution < -0.4 is 5.32 Å². The molecule has 2 atom stereocenters. The standard InChI is InChI=1S/C18H32N2O2/c1-3-17(21)20-11-7-14(8-12-20)19-15-13-16(22-4-2)18(15)9-5-6-10-18/h14-16,19H,3-13H2,1-2H3/t15-,16+/m0/s1. The van der Waals surface area contributed by atoms with E-state index in [2.05, 4.69) is 12.2 Å². The topological polar surface area (TPSA) is 41.6 Å². The summed E-state index contributed by atoms with van der Waals surface area (Å²) in [5.74, 6) is 0.311. The lowest BCUT2D eigenvalue weighted by molar-refractivity contribution is -0.136. The van der Waals surface area contributed by atoms with Crippen LogP contribution >= 0.6 is 0 Å². The van der Waals surface area contributed by atoms with Gasteiger partial charge in [-0.15, -0.1) is 0 Å². The fourth-order valence-corrected chi connectivity index (χ4v) is 4.92. The molecule has 0 aromatic carbocycles. The van der Waals surface area contributed by atoms with Crippen LogP contribution in [0.2, 0.25) is 0 Å². The number of carbonyl (C=O) groups is 1. The summed E-state index contributed by atoms with van der Waals surface area (Å²) in [6.07, 6.45) is 9.93. The van der Waals surface area contributed by atoms with Crippen LogP contribution in [-0.4, -0.2) is 48.7 Å². The number of carbonyl (C=O) groups excluding carboxylic acids is 1. The van der Waals surface area contributed by atoms with E-state index in [1.165, 1.54) is 32.1 Å². The lowest BCUT2D eigenvalue weighted by Crippen LogP contribution is -2.65. The molecule has 4 heteroatoms. The molecule has 3 fully saturated rings. The molecule has 4 nitrogen and oxygen atoms in total. The van der Waals surface area contributed by atoms with E-state index in [0.717, 1.165) is 32.5 Å². The van der Waals surface area contributed by atoms with Crippen molar-refractivity contribution in [1.29, 1.82) is 0 Å². The number of nitrogens with zero attached hydrogens (tertiary/aromatic N) is 1. The zero-order valence-corrected chi connectivity index (χ0v) is 14.3. The average Bonchev–Trinajstić information content (AvgIpc) is 3.06. The van der Waals surface area contributed by atoms with Crippen molar-refractivity contribution in [2.24, 2.45) is 5.41 Å². The Hall–Kier alpha value is -0.610. The largest absolute Gasteiger partial charge is 0.378 e. The maximum atomic E-state index is 11.8. The molecule has 0 aromatic rings. The van der Waals surface area contributed by atoms with Gasteiger partial charge < -0.3 is 15.0 Å². The molecule has 126 valence electrons. The molecule has 1 N–H and O–H groups in total. The van der Waals surface area contributed by atoms with E-state index in [0.29, 0.717) is 35.9 Å². The lowest BCUT2D eigenvalue weighted by Gasteiger charge is -2.55. The number of ether oxygens (including phenoxy) is 1. The first-order chi connectivity index (χ1) is 10.7. The van der Waals surface area contributed by atoms with Gasteiger partial charge in [0.15, 0.2) is 0 Å². The fraction of sp³-hybridized carbons (Fsp3) is 0.944. The molecule has 1 heterocycles. The summed E-state index contributed by atoms with van der Waals surface area (Å²) >= 11 is 0. The van der Waals surface area contributed by atoms with Crippen molar-refractivity contribution >= 4 is 5.91 Å². The van der Waals surface area contributed by atoms with Gasteiger partial charge in [-0.25, -0.2) is 0 Å². The summed E-state index contributed by atoms with van der Waals surface area (Å²) in [5, 5.41) is 3.94. The molecular formula is C18H32N2O2. The number of amides is 1. The summed E-state index contributed by atoms with van der Waals surface area (Å²) < 4.78 is 6.01. The van der Waals surface area contributed by atoms with Crippen LogP contribution in [0.1, 0.15) is 65.2 Å². The van der Waals surface area contributed by atoms with Crippen LogP contribution in [0, 0.1) is 5.41 Å². The summed E-state index contributed by atoms with van der Waals surface area (Å²) in [5.41, 5.74) is 0.423. The van der Waals surface area contributed by atoms with Crippen molar-refractivity contribution in [3.8, 4) is 0 Å². The number of likely N-dealkylation sites (tertiary alicyclic amines) is 1. The Kier molecular flexibility index (Phi) is 5.08. The Morgan fingerprint density at radius 3 is 2.50 bits per heavy atom. The lowest BCUT2D eigenvalue weighted by atomic mass is 9.60. The third kappa shape index (κ3) is 2.92. The molecule has 0 radical (unpaired) electrons. The first kappa shape index (κ1) is 16.3. The molecule has 22 heavy (non-hydrogen) atoms. The van der Waals surface area contributed by atoms with E-state index in [-0.39, 0.29) is 0 Å². The second-order valence-corrected chi connectivity index (χ2v) is 7.35. The van der Waals surface area contributed by atoms with Gasteiger partial charge in [-0.05, 0) is 39.0 Å². The van der Waals surface area contributed by atoms with Gasteiger partial charge in [0.2, 0.25) is 5.91 Å². The molecule has 3 aliphatic rings. The average molecular weight is 308 g/mol. The number of hydrogen-bond acceptors (Lipinski definition) is 3. The van der Waals surface area contributed by atoms with E-state index in [4.69, 9.17) is 4.74 Å². The molecule has 1 amide bonds. The molecular weight excluding hydrogens is 276 g/mol. The van der Waals surface area contributed by atoms with Gasteiger partial charge in [0.05, 0.1) is 6.10 Å². The zero-order valence-electron chi connectivity index (χ0n) is 14.3. The minimum absolute atomic E-state index is 0.311. The van der Waals surface area contributed by atoms with E-state index in [1.54, 1.807) is 0 Å². The summed E-state index contributed by atoms with van der Waals surface area (Å²) in [4.78, 5) is 13.8. The molecule has 0 bridgehead atoms.